The van der Waals surface area contributed by atoms with Crippen LogP contribution < -0.4 is 4.72 Å². The number of aryl methyl sites for hydroxylation is 2. The number of nitrogens with zero attached hydrogens (tertiary/aromatic N) is 2. The van der Waals surface area contributed by atoms with Crippen molar-refractivity contribution in [2.75, 3.05) is 26.8 Å². The molecule has 1 N–H and O–H groups in total. The number of benzene rings is 1. The number of amides is 1. The van der Waals surface area contributed by atoms with Gasteiger partial charge in [0.05, 0.1) is 16.1 Å². The number of hydrogen-bond donors (Lipinski definition) is 1. The average Bonchev–Trinajstić information content (AvgIpc) is 3.24. The van der Waals surface area contributed by atoms with Crippen LogP contribution in [0.1, 0.15) is 34.7 Å². The number of sulfonamides is 1. The van der Waals surface area contributed by atoms with Gasteiger partial charge >= 0.3 is 0 Å². The predicted molar refractivity (Wildman–Crippen MR) is 102 cm³/mol. The molecule has 0 spiro atoms. The van der Waals surface area contributed by atoms with Crippen molar-refractivity contribution in [2.24, 2.45) is 0 Å². The molecule has 0 aliphatic carbocycles. The van der Waals surface area contributed by atoms with Crippen LogP contribution in [0, 0.1) is 13.8 Å². The molecule has 1 saturated heterocycles. The second-order valence-electron chi connectivity index (χ2n) is 7.12. The Kier molecular flexibility index (Phi) is 5.87. The van der Waals surface area contributed by atoms with E-state index >= 15 is 0 Å². The summed E-state index contributed by atoms with van der Waals surface area (Å²) in [6.45, 7) is 4.48. The number of carbonyl (C=O) groups excluding carboxylic acids is 1. The van der Waals surface area contributed by atoms with Gasteiger partial charge in [0.2, 0.25) is 10.0 Å². The highest BCUT2D eigenvalue weighted by Gasteiger charge is 2.43. The number of ether oxygens (including phenoxy) is 1. The van der Waals surface area contributed by atoms with Crippen molar-refractivity contribution in [3.63, 3.8) is 0 Å². The SMILES string of the molecule is COCCC1(NS(=O)(=O)c2ccccc2)CCN(C(=O)c2c(C)noc2C)C1. The van der Waals surface area contributed by atoms with Crippen LogP contribution in [0.2, 0.25) is 0 Å². The third kappa shape index (κ3) is 4.11. The number of rotatable bonds is 7. The van der Waals surface area contributed by atoms with Crippen LogP contribution in [0.5, 0.6) is 0 Å². The fourth-order valence-electron chi connectivity index (χ4n) is 3.57. The van der Waals surface area contributed by atoms with Gasteiger partial charge in [0.15, 0.2) is 0 Å². The number of aromatic nitrogens is 1. The van der Waals surface area contributed by atoms with E-state index in [1.54, 1.807) is 56.2 Å². The fourth-order valence-corrected chi connectivity index (χ4v) is 5.04. The summed E-state index contributed by atoms with van der Waals surface area (Å²) in [4.78, 5) is 14.8. The Hall–Kier alpha value is -2.23. The maximum atomic E-state index is 13.0. The van der Waals surface area contributed by atoms with Crippen molar-refractivity contribution in [2.45, 2.75) is 37.1 Å². The highest BCUT2D eigenvalue weighted by atomic mass is 32.2. The van der Waals surface area contributed by atoms with E-state index in [1.165, 1.54) is 0 Å². The van der Waals surface area contributed by atoms with Crippen LogP contribution in [0.3, 0.4) is 0 Å². The Balaban J connectivity index is 1.84. The molecule has 0 bridgehead atoms. The Morgan fingerprint density at radius 1 is 1.32 bits per heavy atom. The molecule has 2 heterocycles. The second-order valence-corrected chi connectivity index (χ2v) is 8.80. The third-order valence-electron chi connectivity index (χ3n) is 5.08. The first kappa shape index (κ1) is 20.5. The van der Waals surface area contributed by atoms with E-state index in [4.69, 9.17) is 9.26 Å². The molecule has 2 aromatic rings. The lowest BCUT2D eigenvalue weighted by Crippen LogP contribution is -2.51. The zero-order valence-corrected chi connectivity index (χ0v) is 17.1. The van der Waals surface area contributed by atoms with Gasteiger partial charge in [-0.1, -0.05) is 23.4 Å². The Labute approximate surface area is 164 Å². The molecule has 3 rings (SSSR count). The van der Waals surface area contributed by atoms with Crippen molar-refractivity contribution in [3.05, 3.63) is 47.3 Å². The van der Waals surface area contributed by atoms with Crippen LogP contribution in [0.4, 0.5) is 0 Å². The van der Waals surface area contributed by atoms with Gasteiger partial charge in [-0.05, 0) is 38.8 Å². The lowest BCUT2D eigenvalue weighted by atomic mass is 9.96. The number of hydrogen-bond acceptors (Lipinski definition) is 6. The molecule has 1 aromatic carbocycles. The van der Waals surface area contributed by atoms with Crippen LogP contribution in [0.15, 0.2) is 39.8 Å². The van der Waals surface area contributed by atoms with E-state index in [1.807, 2.05) is 0 Å². The molecule has 1 aliphatic heterocycles. The lowest BCUT2D eigenvalue weighted by Gasteiger charge is -2.30. The molecule has 1 unspecified atom stereocenters. The molecule has 1 fully saturated rings. The van der Waals surface area contributed by atoms with Crippen molar-refractivity contribution in [1.29, 1.82) is 0 Å². The van der Waals surface area contributed by atoms with E-state index in [0.29, 0.717) is 43.0 Å². The zero-order valence-electron chi connectivity index (χ0n) is 16.3. The summed E-state index contributed by atoms with van der Waals surface area (Å²) in [5.74, 6) is 0.260. The second kappa shape index (κ2) is 8.02. The van der Waals surface area contributed by atoms with Crippen molar-refractivity contribution in [1.82, 2.24) is 14.8 Å². The van der Waals surface area contributed by atoms with E-state index in [-0.39, 0.29) is 17.3 Å². The van der Waals surface area contributed by atoms with Gasteiger partial charge in [0.25, 0.3) is 5.91 Å². The topological polar surface area (TPSA) is 102 Å². The monoisotopic (exact) mass is 407 g/mol. The summed E-state index contributed by atoms with van der Waals surface area (Å²) in [6, 6.07) is 8.22. The van der Waals surface area contributed by atoms with Crippen molar-refractivity contribution < 1.29 is 22.5 Å². The highest BCUT2D eigenvalue weighted by molar-refractivity contribution is 7.89. The molecule has 0 saturated carbocycles. The quantitative estimate of drug-likeness (QED) is 0.752. The predicted octanol–water partition coefficient (Wildman–Crippen LogP) is 1.89. The van der Waals surface area contributed by atoms with Gasteiger partial charge in [-0.15, -0.1) is 0 Å². The first-order valence-corrected chi connectivity index (χ1v) is 10.6. The highest BCUT2D eigenvalue weighted by Crippen LogP contribution is 2.29. The number of nitrogens with one attached hydrogen (secondary N) is 1. The number of carbonyl (C=O) groups is 1. The van der Waals surface area contributed by atoms with Gasteiger partial charge < -0.3 is 14.2 Å². The summed E-state index contributed by atoms with van der Waals surface area (Å²) >= 11 is 0. The van der Waals surface area contributed by atoms with E-state index in [0.717, 1.165) is 0 Å². The first-order valence-electron chi connectivity index (χ1n) is 9.08. The normalized spacial score (nSPS) is 19.9. The summed E-state index contributed by atoms with van der Waals surface area (Å²) in [5.41, 5.74) is 0.175. The summed E-state index contributed by atoms with van der Waals surface area (Å²) in [6.07, 6.45) is 0.957. The third-order valence-corrected chi connectivity index (χ3v) is 6.67. The number of likely N-dealkylation sites (tertiary alicyclic amines) is 1. The maximum absolute atomic E-state index is 13.0. The summed E-state index contributed by atoms with van der Waals surface area (Å²) in [7, 11) is -2.16. The van der Waals surface area contributed by atoms with E-state index in [9.17, 15) is 13.2 Å². The molecule has 9 heteroatoms. The molecule has 1 amide bonds. The molecule has 28 heavy (non-hydrogen) atoms. The number of methoxy groups -OCH3 is 1. The van der Waals surface area contributed by atoms with Gasteiger partial charge in [0.1, 0.15) is 11.3 Å². The average molecular weight is 407 g/mol. The van der Waals surface area contributed by atoms with E-state index < -0.39 is 15.6 Å². The Morgan fingerprint density at radius 3 is 2.64 bits per heavy atom. The van der Waals surface area contributed by atoms with Crippen molar-refractivity contribution >= 4 is 15.9 Å². The zero-order chi connectivity index (χ0) is 20.4. The van der Waals surface area contributed by atoms with Crippen LogP contribution >= 0.6 is 0 Å². The van der Waals surface area contributed by atoms with Gasteiger partial charge in [-0.2, -0.15) is 0 Å². The molecule has 0 radical (unpaired) electrons. The summed E-state index contributed by atoms with van der Waals surface area (Å²) < 4.78 is 38.9. The van der Waals surface area contributed by atoms with Crippen LogP contribution in [0.25, 0.3) is 0 Å². The molecular formula is C19H25N3O5S. The minimum atomic E-state index is -3.73. The van der Waals surface area contributed by atoms with Crippen LogP contribution in [-0.4, -0.2) is 56.7 Å². The van der Waals surface area contributed by atoms with E-state index in [2.05, 4.69) is 9.88 Å². The smallest absolute Gasteiger partial charge is 0.259 e. The minimum Gasteiger partial charge on any atom is -0.385 e. The minimum absolute atomic E-state index is 0.197. The fraction of sp³-hybridized carbons (Fsp3) is 0.474. The Morgan fingerprint density at radius 2 is 2.04 bits per heavy atom. The molecule has 8 nitrogen and oxygen atoms in total. The van der Waals surface area contributed by atoms with Gasteiger partial charge in [-0.25, -0.2) is 13.1 Å². The van der Waals surface area contributed by atoms with Gasteiger partial charge in [0, 0.05) is 26.8 Å². The molecule has 1 aromatic heterocycles. The summed E-state index contributed by atoms with van der Waals surface area (Å²) in [5, 5.41) is 3.84. The van der Waals surface area contributed by atoms with Crippen molar-refractivity contribution in [3.8, 4) is 0 Å². The maximum Gasteiger partial charge on any atom is 0.259 e. The molecule has 1 atom stereocenters. The van der Waals surface area contributed by atoms with Crippen LogP contribution in [-0.2, 0) is 14.8 Å². The lowest BCUT2D eigenvalue weighted by molar-refractivity contribution is 0.0773. The van der Waals surface area contributed by atoms with Gasteiger partial charge in [-0.3, -0.25) is 4.79 Å². The largest absolute Gasteiger partial charge is 0.385 e. The first-order chi connectivity index (χ1) is 13.3. The molecule has 152 valence electrons. The Bertz CT molecular complexity index is 922. The molecular weight excluding hydrogens is 382 g/mol. The molecule has 1 aliphatic rings. The standard InChI is InChI=1S/C19H25N3O5S/c1-14-17(15(2)27-20-14)18(23)22-11-9-19(13-22,10-12-26-3)21-28(24,25)16-7-5-4-6-8-16/h4-8,21H,9-13H2,1-3H3.